The van der Waals surface area contributed by atoms with Crippen LogP contribution in [-0.4, -0.2) is 52.6 Å². The number of hydrogen-bond donors (Lipinski definition) is 4. The van der Waals surface area contributed by atoms with Crippen LogP contribution in [0, 0.1) is 5.41 Å². The summed E-state index contributed by atoms with van der Waals surface area (Å²) in [5.74, 6) is 0.122. The van der Waals surface area contributed by atoms with Crippen molar-refractivity contribution in [2.45, 2.75) is 69.8 Å². The fourth-order valence-corrected chi connectivity index (χ4v) is 7.89. The second kappa shape index (κ2) is 16.5. The molecule has 4 N–H and O–H groups in total. The van der Waals surface area contributed by atoms with Gasteiger partial charge in [0.05, 0.1) is 23.2 Å². The molecule has 1 aliphatic heterocycles. The lowest BCUT2D eigenvalue weighted by Crippen LogP contribution is -2.46. The van der Waals surface area contributed by atoms with E-state index in [-0.39, 0.29) is 17.1 Å². The van der Waals surface area contributed by atoms with Crippen LogP contribution >= 0.6 is 23.4 Å². The number of nitrogens with zero attached hydrogens (tertiary/aromatic N) is 1. The van der Waals surface area contributed by atoms with Gasteiger partial charge in [-0.3, -0.25) is 4.79 Å². The van der Waals surface area contributed by atoms with E-state index in [0.29, 0.717) is 11.1 Å². The van der Waals surface area contributed by atoms with Gasteiger partial charge in [-0.15, -0.1) is 0 Å². The zero-order valence-corrected chi connectivity index (χ0v) is 29.8. The maximum Gasteiger partial charge on any atom is 0.303 e. The lowest BCUT2D eigenvalue weighted by atomic mass is 9.90. The minimum absolute atomic E-state index is 0.0814. The molecule has 2 atom stereocenters. The van der Waals surface area contributed by atoms with Crippen molar-refractivity contribution in [2.75, 3.05) is 25.4 Å². The molecule has 0 spiro atoms. The summed E-state index contributed by atoms with van der Waals surface area (Å²) in [7, 11) is 0. The van der Waals surface area contributed by atoms with Gasteiger partial charge in [0.2, 0.25) is 0 Å². The number of thioether (sulfide) groups is 1. The molecule has 2 aliphatic rings. The Kier molecular flexibility index (Phi) is 12.4. The van der Waals surface area contributed by atoms with Gasteiger partial charge in [-0.25, -0.2) is 4.98 Å². The van der Waals surface area contributed by atoms with Crippen molar-refractivity contribution in [3.05, 3.63) is 112 Å². The molecule has 1 saturated heterocycles. The molecule has 2 fully saturated rings. The Morgan fingerprint density at radius 2 is 1.85 bits per heavy atom. The minimum Gasteiger partial charge on any atom is -0.481 e. The maximum atomic E-state index is 11.5. The van der Waals surface area contributed by atoms with Gasteiger partial charge >= 0.3 is 5.97 Å². The molecule has 1 saturated carbocycles. The van der Waals surface area contributed by atoms with E-state index in [1.807, 2.05) is 74.1 Å². The van der Waals surface area contributed by atoms with E-state index >= 15 is 0 Å². The molecule has 8 heteroatoms. The van der Waals surface area contributed by atoms with Crippen LogP contribution in [0.4, 0.5) is 0 Å². The van der Waals surface area contributed by atoms with Crippen LogP contribution in [0.5, 0.6) is 0 Å². The van der Waals surface area contributed by atoms with Crippen molar-refractivity contribution in [3.8, 4) is 0 Å². The number of halogens is 1. The van der Waals surface area contributed by atoms with Crippen molar-refractivity contribution in [1.82, 2.24) is 15.6 Å². The molecule has 0 bridgehead atoms. The average Bonchev–Trinajstić information content (AvgIpc) is 3.82. The van der Waals surface area contributed by atoms with Crippen LogP contribution in [0.1, 0.15) is 79.7 Å². The number of hydrogen-bond acceptors (Lipinski definition) is 6. The van der Waals surface area contributed by atoms with E-state index in [2.05, 4.69) is 60.0 Å². The summed E-state index contributed by atoms with van der Waals surface area (Å²) < 4.78 is 0. The Hall–Kier alpha value is -3.20. The second-order valence-corrected chi connectivity index (χ2v) is 15.4. The molecule has 4 aromatic rings. The van der Waals surface area contributed by atoms with Gasteiger partial charge in [-0.2, -0.15) is 11.8 Å². The number of rotatable bonds is 12. The molecule has 1 aromatic heterocycles. The number of aliphatic carboxylic acids is 1. The number of piperazine rings is 1. The molecule has 2 heterocycles. The topological polar surface area (TPSA) is 94.5 Å². The molecule has 1 aliphatic carbocycles. The van der Waals surface area contributed by atoms with Gasteiger partial charge in [0.25, 0.3) is 0 Å². The molecule has 6 rings (SSSR count). The van der Waals surface area contributed by atoms with E-state index in [1.54, 1.807) is 0 Å². The first-order valence-electron chi connectivity index (χ1n) is 16.9. The quantitative estimate of drug-likeness (QED) is 0.119. The van der Waals surface area contributed by atoms with Crippen molar-refractivity contribution in [3.63, 3.8) is 0 Å². The highest BCUT2D eigenvalue weighted by Crippen LogP contribution is 2.53. The number of benzene rings is 3. The standard InChI is InChI=1S/C35H36ClNO3S.C5H12N2/c1-34(2,40)30-9-4-3-7-25(30)13-17-32(41-23-35(18-19-35)22-33(38)39)27-8-5-6-24(20-27)10-15-29-16-12-26-11-14-28(36)21-31(26)37-29;1-5-4-6-2-3-7-5/h3-12,14-16,20-21,32,40H,13,17-19,22-23H2,1-2H3,(H,38,39);5-7H,2-4H2,1H3/t32-;/m1./s1. The Bertz CT molecular complexity index is 1710. The van der Waals surface area contributed by atoms with Crippen LogP contribution in [-0.2, 0) is 16.8 Å². The monoisotopic (exact) mass is 685 g/mol. The third-order valence-electron chi connectivity index (χ3n) is 9.08. The lowest BCUT2D eigenvalue weighted by molar-refractivity contribution is -0.138. The Morgan fingerprint density at radius 1 is 1.06 bits per heavy atom. The first-order chi connectivity index (χ1) is 23.0. The first kappa shape index (κ1) is 36.1. The summed E-state index contributed by atoms with van der Waals surface area (Å²) >= 11 is 8.04. The largest absolute Gasteiger partial charge is 0.481 e. The molecular weight excluding hydrogens is 638 g/mol. The summed E-state index contributed by atoms with van der Waals surface area (Å²) in [6.45, 7) is 9.23. The fraction of sp³-hybridized carbons (Fsp3) is 0.400. The first-order valence-corrected chi connectivity index (χ1v) is 18.3. The summed E-state index contributed by atoms with van der Waals surface area (Å²) in [5.41, 5.74) is 5.15. The number of nitrogens with one attached hydrogen (secondary N) is 2. The predicted molar refractivity (Wildman–Crippen MR) is 202 cm³/mol. The molecular formula is C40H48ClN3O3S. The molecule has 254 valence electrons. The number of carboxylic acids is 1. The maximum absolute atomic E-state index is 11.5. The van der Waals surface area contributed by atoms with E-state index in [9.17, 15) is 15.0 Å². The normalized spacial score (nSPS) is 17.9. The van der Waals surface area contributed by atoms with E-state index in [1.165, 1.54) is 5.56 Å². The summed E-state index contributed by atoms with van der Waals surface area (Å²) in [6.07, 6.45) is 8.02. The van der Waals surface area contributed by atoms with Crippen molar-refractivity contribution in [2.24, 2.45) is 5.41 Å². The summed E-state index contributed by atoms with van der Waals surface area (Å²) in [5, 5.41) is 28.7. The van der Waals surface area contributed by atoms with Crippen molar-refractivity contribution in [1.29, 1.82) is 0 Å². The molecule has 3 aromatic carbocycles. The van der Waals surface area contributed by atoms with Gasteiger partial charge in [0.15, 0.2) is 0 Å². The van der Waals surface area contributed by atoms with E-state index in [4.69, 9.17) is 16.6 Å². The predicted octanol–water partition coefficient (Wildman–Crippen LogP) is 8.52. The zero-order valence-electron chi connectivity index (χ0n) is 28.2. The van der Waals surface area contributed by atoms with Crippen LogP contribution in [0.25, 0.3) is 23.1 Å². The van der Waals surface area contributed by atoms with Crippen molar-refractivity contribution < 1.29 is 15.0 Å². The SMILES string of the molecule is CC(C)(O)c1ccccc1CC[C@@H](SCC1(CC(=O)O)CC1)c1cccc(C=Cc2ccc3ccc(Cl)cc3n2)c1.CC1CNCCN1. The summed E-state index contributed by atoms with van der Waals surface area (Å²) in [4.78, 5) is 16.2. The van der Waals surface area contributed by atoms with Crippen LogP contribution in [0.2, 0.25) is 5.02 Å². The Labute approximate surface area is 294 Å². The van der Waals surface area contributed by atoms with Crippen LogP contribution in [0.3, 0.4) is 0 Å². The van der Waals surface area contributed by atoms with Crippen LogP contribution < -0.4 is 10.6 Å². The van der Waals surface area contributed by atoms with E-state index < -0.39 is 11.6 Å². The number of carbonyl (C=O) groups is 1. The summed E-state index contributed by atoms with van der Waals surface area (Å²) in [6, 6.07) is 27.1. The zero-order chi connectivity index (χ0) is 34.1. The van der Waals surface area contributed by atoms with Gasteiger partial charge in [0, 0.05) is 47.1 Å². The number of aryl methyl sites for hydroxylation is 1. The highest BCUT2D eigenvalue weighted by Gasteiger charge is 2.44. The number of carboxylic acid groups (broad SMARTS) is 1. The van der Waals surface area contributed by atoms with Gasteiger partial charge < -0.3 is 20.8 Å². The van der Waals surface area contributed by atoms with Gasteiger partial charge in [-0.1, -0.05) is 78.3 Å². The molecule has 1 unspecified atom stereocenters. The highest BCUT2D eigenvalue weighted by molar-refractivity contribution is 7.99. The average molecular weight is 686 g/mol. The number of aromatic nitrogens is 1. The molecule has 6 nitrogen and oxygen atoms in total. The van der Waals surface area contributed by atoms with Crippen molar-refractivity contribution >= 4 is 52.4 Å². The van der Waals surface area contributed by atoms with Crippen LogP contribution in [0.15, 0.2) is 78.9 Å². The third-order valence-corrected chi connectivity index (χ3v) is 11.0. The lowest BCUT2D eigenvalue weighted by Gasteiger charge is -2.24. The molecule has 0 amide bonds. The van der Waals surface area contributed by atoms with Gasteiger partial charge in [0.1, 0.15) is 0 Å². The second-order valence-electron chi connectivity index (χ2n) is 13.8. The minimum atomic E-state index is -0.911. The number of aliphatic hydroxyl groups is 1. The highest BCUT2D eigenvalue weighted by atomic mass is 35.5. The van der Waals surface area contributed by atoms with Gasteiger partial charge in [-0.05, 0) is 98.4 Å². The molecule has 48 heavy (non-hydrogen) atoms. The number of pyridine rings is 1. The molecule has 0 radical (unpaired) electrons. The Morgan fingerprint density at radius 3 is 2.54 bits per heavy atom. The Balaban J connectivity index is 0.000000572. The van der Waals surface area contributed by atoms with E-state index in [0.717, 1.165) is 84.4 Å². The third kappa shape index (κ3) is 10.6. The number of fused-ring (bicyclic) bond motifs is 1. The fourth-order valence-electron chi connectivity index (χ4n) is 6.16. The smallest absolute Gasteiger partial charge is 0.303 e.